The first-order chi connectivity index (χ1) is 37.3. The fraction of sp³-hybridized carbons (Fsp3) is 0.492. The van der Waals surface area contributed by atoms with Crippen molar-refractivity contribution in [2.75, 3.05) is 66.1 Å². The van der Waals surface area contributed by atoms with E-state index in [4.69, 9.17) is 23.1 Å². The average molecular weight is 1090 g/mol. The summed E-state index contributed by atoms with van der Waals surface area (Å²) in [7, 11) is 1.69. The zero-order valence-corrected chi connectivity index (χ0v) is 46.9. The number of aryl methyl sites for hydroxylation is 2. The predicted molar refractivity (Wildman–Crippen MR) is 295 cm³/mol. The number of rotatable bonds is 15. The van der Waals surface area contributed by atoms with Gasteiger partial charge in [0.05, 0.1) is 44.5 Å². The van der Waals surface area contributed by atoms with Crippen molar-refractivity contribution in [3.05, 3.63) is 137 Å². The zero-order valence-electron chi connectivity index (χ0n) is 46.0. The Labute approximate surface area is 457 Å². The number of fused-ring (bicyclic) bond motifs is 4. The number of benzene rings is 4. The van der Waals surface area contributed by atoms with Crippen LogP contribution in [-0.4, -0.2) is 142 Å². The van der Waals surface area contributed by atoms with E-state index in [0.29, 0.717) is 81.1 Å². The van der Waals surface area contributed by atoms with Crippen molar-refractivity contribution in [3.8, 4) is 5.75 Å². The topological polar surface area (TPSA) is 197 Å². The minimum Gasteiger partial charge on any atom is -0.496 e. The Hall–Kier alpha value is -6.08. The Morgan fingerprint density at radius 2 is 1.62 bits per heavy atom. The number of nitrogens with one attached hydrogen (secondary N) is 1. The van der Waals surface area contributed by atoms with Crippen LogP contribution in [0.2, 0.25) is 0 Å². The second-order valence-corrected chi connectivity index (χ2v) is 24.2. The summed E-state index contributed by atoms with van der Waals surface area (Å²) >= 11 is 0. The second kappa shape index (κ2) is 20.9. The quantitative estimate of drug-likeness (QED) is 0.0409. The number of ether oxygens (including phenoxy) is 4. The van der Waals surface area contributed by atoms with Crippen LogP contribution in [0.25, 0.3) is 10.9 Å². The fourth-order valence-electron chi connectivity index (χ4n) is 15.1. The summed E-state index contributed by atoms with van der Waals surface area (Å²) in [5.74, 6) is -2.40. The van der Waals surface area contributed by atoms with Gasteiger partial charge in [-0.1, -0.05) is 92.2 Å². The molecule has 0 bridgehead atoms. The number of anilines is 1. The lowest BCUT2D eigenvalue weighted by atomic mass is 9.47. The first-order valence-corrected chi connectivity index (χ1v) is 28.7. The molecule has 78 heavy (non-hydrogen) atoms. The smallest absolute Gasteiger partial charge is 0.344 e. The highest BCUT2D eigenvalue weighted by atomic mass is 32.2. The zero-order chi connectivity index (χ0) is 55.6. The van der Waals surface area contributed by atoms with Crippen molar-refractivity contribution in [1.82, 2.24) is 14.8 Å². The van der Waals surface area contributed by atoms with Crippen molar-refractivity contribution in [1.29, 1.82) is 0 Å². The molecule has 5 aromatic rings. The van der Waals surface area contributed by atoms with E-state index >= 15 is 4.79 Å². The third-order valence-electron chi connectivity index (χ3n) is 18.3. The summed E-state index contributed by atoms with van der Waals surface area (Å²) in [5.41, 5.74) is -1.77. The number of carbonyl (C=O) groups excluding carboxylic acids is 3. The number of hydrogen-bond donors (Lipinski definition) is 3. The second-order valence-electron chi connectivity index (χ2n) is 22.6. The molecule has 4 aromatic carbocycles. The van der Waals surface area contributed by atoms with Gasteiger partial charge in [-0.25, -0.2) is 4.79 Å². The van der Waals surface area contributed by atoms with E-state index < -0.39 is 86.2 Å². The predicted octanol–water partition coefficient (Wildman–Crippen LogP) is 7.28. The van der Waals surface area contributed by atoms with Crippen LogP contribution in [0.5, 0.6) is 5.75 Å². The molecule has 17 heteroatoms. The van der Waals surface area contributed by atoms with Gasteiger partial charge in [0.1, 0.15) is 11.2 Å². The number of aliphatic hydroxyl groups is 2. The van der Waals surface area contributed by atoms with E-state index in [9.17, 15) is 28.2 Å². The SMILES string of the molecule is CC[C@@](O)(COS(=O)(=O)c1ccc(C)cc1)C[C@H]1CN(Cc2ccccc2)CCCc2c([nH]c3ccccc23)[C@](C(=O)OC)(c2cc3c(cc2OC)N(C)[C@H]2[C@@](O)(C(=O)OC)[C@H](OC(C)=O)[C@]4(CC)C=CCN5CC[C@]32[C@@H]54)C1. The molecule has 416 valence electrons. The lowest BCUT2D eigenvalue weighted by molar-refractivity contribution is -0.228. The molecule has 5 heterocycles. The number of esters is 3. The molecule has 1 spiro atoms. The summed E-state index contributed by atoms with van der Waals surface area (Å²) in [5, 5.41) is 27.4. The first-order valence-electron chi connectivity index (χ1n) is 27.3. The third-order valence-corrected chi connectivity index (χ3v) is 19.6. The van der Waals surface area contributed by atoms with Gasteiger partial charge in [0.25, 0.3) is 10.1 Å². The van der Waals surface area contributed by atoms with Gasteiger partial charge in [0, 0.05) is 84.4 Å². The number of methoxy groups -OCH3 is 3. The molecule has 5 aliphatic rings. The largest absolute Gasteiger partial charge is 0.496 e. The minimum atomic E-state index is -4.30. The third kappa shape index (κ3) is 8.74. The van der Waals surface area contributed by atoms with Crippen molar-refractivity contribution < 1.29 is 56.1 Å². The van der Waals surface area contributed by atoms with E-state index in [2.05, 4.69) is 33.0 Å². The molecule has 1 saturated heterocycles. The van der Waals surface area contributed by atoms with Crippen LogP contribution < -0.4 is 9.64 Å². The summed E-state index contributed by atoms with van der Waals surface area (Å²) in [6, 6.07) is 27.0. The van der Waals surface area contributed by atoms with E-state index in [1.165, 1.54) is 33.3 Å². The van der Waals surface area contributed by atoms with E-state index in [1.54, 1.807) is 26.2 Å². The molecule has 16 nitrogen and oxygen atoms in total. The highest BCUT2D eigenvalue weighted by Gasteiger charge is 2.80. The van der Waals surface area contributed by atoms with Crippen LogP contribution in [-0.2, 0) is 66.7 Å². The maximum absolute atomic E-state index is 16.1. The number of likely N-dealkylation sites (N-methyl/N-ethyl adjacent to an activating group) is 1. The van der Waals surface area contributed by atoms with E-state index in [1.807, 2.05) is 86.5 Å². The van der Waals surface area contributed by atoms with E-state index in [0.717, 1.165) is 33.2 Å². The van der Waals surface area contributed by atoms with Crippen LogP contribution in [0.3, 0.4) is 0 Å². The van der Waals surface area contributed by atoms with Gasteiger partial charge in [-0.3, -0.25) is 23.6 Å². The normalized spacial score (nSPS) is 28.7. The van der Waals surface area contributed by atoms with Crippen LogP contribution in [0.1, 0.15) is 92.8 Å². The first kappa shape index (κ1) is 55.2. The molecule has 1 aliphatic carbocycles. The monoisotopic (exact) mass is 1090 g/mol. The van der Waals surface area contributed by atoms with Gasteiger partial charge < -0.3 is 39.0 Å². The van der Waals surface area contributed by atoms with Gasteiger partial charge in [-0.05, 0) is 112 Å². The van der Waals surface area contributed by atoms with Crippen molar-refractivity contribution in [3.63, 3.8) is 0 Å². The van der Waals surface area contributed by atoms with Crippen LogP contribution in [0.15, 0.2) is 108 Å². The molecule has 0 radical (unpaired) electrons. The number of nitrogens with zero attached hydrogens (tertiary/aromatic N) is 3. The number of hydrogen-bond acceptors (Lipinski definition) is 15. The average Bonchev–Trinajstić information content (AvgIpc) is 3.74. The number of para-hydroxylation sites is 1. The highest BCUT2D eigenvalue weighted by Crippen LogP contribution is 2.68. The standard InChI is InChI=1S/C61H74N4O12S/c1-9-57(69,38-76-78(71,72)43-25-23-39(3)24-26-43)34-42-35-60(55(67)74-7,51-45(44-20-14-15-22-48(44)62-51)21-16-29-64(37-42)36-41-18-12-11-13-19-41)47-32-46-49(33-50(47)73-6)63(5)53-59(46)28-31-65-30-17-27-58(10-2,52(59)65)54(77-40(4)66)61(53,70)56(68)75-8/h11-15,17-20,22-27,32-33,42,52-54,62,69-70H,9-10,16,21,28-31,34-38H2,1-8H3/t42-,52+,53-,54-,57+,58-,59-,60-,61+/m1/s1. The van der Waals surface area contributed by atoms with E-state index in [-0.39, 0.29) is 24.2 Å². The molecular formula is C61H74N4O12S. The number of aromatic nitrogens is 1. The maximum Gasteiger partial charge on any atom is 0.344 e. The molecule has 9 atom stereocenters. The van der Waals surface area contributed by atoms with Gasteiger partial charge in [0.2, 0.25) is 5.60 Å². The molecule has 0 unspecified atom stereocenters. The van der Waals surface area contributed by atoms with Gasteiger partial charge in [-0.15, -0.1) is 0 Å². The summed E-state index contributed by atoms with van der Waals surface area (Å²) < 4.78 is 57.8. The van der Waals surface area contributed by atoms with Crippen LogP contribution in [0, 0.1) is 18.3 Å². The number of carbonyl (C=O) groups is 3. The molecule has 1 aromatic heterocycles. The molecule has 1 saturated carbocycles. The molecular weight excluding hydrogens is 1010 g/mol. The lowest BCUT2D eigenvalue weighted by Crippen LogP contribution is -2.81. The molecule has 2 fully saturated rings. The van der Waals surface area contributed by atoms with Crippen molar-refractivity contribution in [2.24, 2.45) is 11.3 Å². The van der Waals surface area contributed by atoms with Crippen molar-refractivity contribution in [2.45, 2.75) is 124 Å². The van der Waals surface area contributed by atoms with Crippen molar-refractivity contribution >= 4 is 44.6 Å². The molecule has 3 N–H and O–H groups in total. The Balaban J connectivity index is 1.22. The molecule has 10 rings (SSSR count). The molecule has 0 amide bonds. The maximum atomic E-state index is 16.1. The van der Waals surface area contributed by atoms with Gasteiger partial charge >= 0.3 is 17.9 Å². The fourth-order valence-corrected chi connectivity index (χ4v) is 16.1. The summed E-state index contributed by atoms with van der Waals surface area (Å²) in [6.45, 7) is 9.16. The Bertz CT molecular complexity index is 3240. The van der Waals surface area contributed by atoms with Gasteiger partial charge in [-0.2, -0.15) is 8.42 Å². The minimum absolute atomic E-state index is 0.0145. The number of aromatic amines is 1. The highest BCUT2D eigenvalue weighted by molar-refractivity contribution is 7.86. The summed E-state index contributed by atoms with van der Waals surface area (Å²) in [4.78, 5) is 54.4. The Morgan fingerprint density at radius 3 is 2.29 bits per heavy atom. The Kier molecular flexibility index (Phi) is 14.8. The number of H-pyrrole nitrogens is 1. The Morgan fingerprint density at radius 1 is 0.897 bits per heavy atom. The molecule has 4 aliphatic heterocycles. The summed E-state index contributed by atoms with van der Waals surface area (Å²) in [6.07, 6.45) is 5.01. The van der Waals surface area contributed by atoms with Gasteiger partial charge in [0.15, 0.2) is 6.10 Å². The lowest BCUT2D eigenvalue weighted by Gasteiger charge is -2.63. The van der Waals surface area contributed by atoms with Crippen LogP contribution >= 0.6 is 0 Å². The van der Waals surface area contributed by atoms with Crippen LogP contribution in [0.4, 0.5) is 5.69 Å².